The third kappa shape index (κ3) is 1.97. The van der Waals surface area contributed by atoms with E-state index >= 15 is 0 Å². The van der Waals surface area contributed by atoms with Crippen LogP contribution in [0.25, 0.3) is 0 Å². The lowest BCUT2D eigenvalue weighted by molar-refractivity contribution is 0.0692. The second-order valence-electron chi connectivity index (χ2n) is 4.28. The van der Waals surface area contributed by atoms with Crippen molar-refractivity contribution in [2.75, 3.05) is 11.4 Å². The Bertz CT molecular complexity index is 594. The van der Waals surface area contributed by atoms with Crippen LogP contribution in [0.15, 0.2) is 30.3 Å². The molecule has 0 aliphatic carbocycles. The molecule has 2 aromatic rings. The monoisotopic (exact) mass is 260 g/mol. The predicted octanol–water partition coefficient (Wildman–Crippen LogP) is 2.40. The van der Waals surface area contributed by atoms with Crippen LogP contribution in [0.3, 0.4) is 0 Å². The second-order valence-corrected chi connectivity index (χ2v) is 5.17. The summed E-state index contributed by atoms with van der Waals surface area (Å²) in [5.74, 6) is -0.959. The molecule has 0 amide bonds. The molecule has 1 aliphatic heterocycles. The number of hydrogen-bond acceptors (Lipinski definition) is 4. The van der Waals surface area contributed by atoms with Gasteiger partial charge in [0.05, 0.1) is 6.54 Å². The number of rotatable bonds is 3. The van der Waals surface area contributed by atoms with E-state index in [1.165, 1.54) is 22.8 Å². The third-order valence-corrected chi connectivity index (χ3v) is 3.88. The van der Waals surface area contributed by atoms with Crippen molar-refractivity contribution in [2.45, 2.75) is 13.0 Å². The number of carboxylic acid groups (broad SMARTS) is 1. The zero-order valence-electron chi connectivity index (χ0n) is 9.67. The van der Waals surface area contributed by atoms with Gasteiger partial charge in [0.2, 0.25) is 0 Å². The highest BCUT2D eigenvalue weighted by molar-refractivity contribution is 7.05. The Kier molecular flexibility index (Phi) is 2.76. The molecule has 0 fully saturated rings. The minimum absolute atomic E-state index is 0.141. The van der Waals surface area contributed by atoms with Crippen LogP contribution >= 0.6 is 11.5 Å². The van der Waals surface area contributed by atoms with E-state index in [0.717, 1.165) is 24.4 Å². The van der Waals surface area contributed by atoms with Gasteiger partial charge in [0, 0.05) is 17.1 Å². The fourth-order valence-electron chi connectivity index (χ4n) is 2.25. The standard InChI is InChI=1S/C13H12N2O2S/c16-13(17)11-7-10(18-14-11)8-15-6-5-9-3-1-2-4-12(9)15/h1-4,7H,5-6,8H2,(H,16,17). The first-order valence-corrected chi connectivity index (χ1v) is 6.53. The van der Waals surface area contributed by atoms with E-state index in [-0.39, 0.29) is 5.69 Å². The number of benzene rings is 1. The number of aromatic nitrogens is 1. The molecule has 0 unspecified atom stereocenters. The van der Waals surface area contributed by atoms with Crippen LogP contribution in [-0.4, -0.2) is 22.0 Å². The Balaban J connectivity index is 1.80. The zero-order chi connectivity index (χ0) is 12.5. The molecule has 0 saturated carbocycles. The summed E-state index contributed by atoms with van der Waals surface area (Å²) in [6.07, 6.45) is 1.06. The van der Waals surface area contributed by atoms with Gasteiger partial charge < -0.3 is 10.0 Å². The van der Waals surface area contributed by atoms with Gasteiger partial charge in [-0.15, -0.1) is 0 Å². The maximum atomic E-state index is 10.8. The van der Waals surface area contributed by atoms with Crippen molar-refractivity contribution in [3.63, 3.8) is 0 Å². The summed E-state index contributed by atoms with van der Waals surface area (Å²) in [6, 6.07) is 10.0. The van der Waals surface area contributed by atoms with Gasteiger partial charge in [-0.3, -0.25) is 0 Å². The highest BCUT2D eigenvalue weighted by Crippen LogP contribution is 2.29. The van der Waals surface area contributed by atoms with Gasteiger partial charge in [0.25, 0.3) is 0 Å². The molecule has 1 N–H and O–H groups in total. The number of para-hydroxylation sites is 1. The fourth-order valence-corrected chi connectivity index (χ4v) is 2.97. The van der Waals surface area contributed by atoms with Crippen molar-refractivity contribution >= 4 is 23.2 Å². The van der Waals surface area contributed by atoms with E-state index in [0.29, 0.717) is 0 Å². The molecule has 0 spiro atoms. The molecule has 0 radical (unpaired) electrons. The Morgan fingerprint density at radius 3 is 3.06 bits per heavy atom. The van der Waals surface area contributed by atoms with Gasteiger partial charge in [0.15, 0.2) is 5.69 Å². The SMILES string of the molecule is O=C(O)c1cc(CN2CCc3ccccc32)sn1. The van der Waals surface area contributed by atoms with Crippen LogP contribution in [0.2, 0.25) is 0 Å². The molecule has 0 saturated heterocycles. The van der Waals surface area contributed by atoms with E-state index in [2.05, 4.69) is 27.5 Å². The lowest BCUT2D eigenvalue weighted by Gasteiger charge is -2.17. The summed E-state index contributed by atoms with van der Waals surface area (Å²) in [5, 5.41) is 8.85. The average molecular weight is 260 g/mol. The summed E-state index contributed by atoms with van der Waals surface area (Å²) in [5.41, 5.74) is 2.76. The first kappa shape index (κ1) is 11.2. The molecule has 18 heavy (non-hydrogen) atoms. The van der Waals surface area contributed by atoms with Gasteiger partial charge in [-0.25, -0.2) is 4.79 Å². The van der Waals surface area contributed by atoms with E-state index in [1.54, 1.807) is 6.07 Å². The molecule has 1 aliphatic rings. The lowest BCUT2D eigenvalue weighted by atomic mass is 10.2. The third-order valence-electron chi connectivity index (χ3n) is 3.11. The number of anilines is 1. The summed E-state index contributed by atoms with van der Waals surface area (Å²) in [6.45, 7) is 1.72. The number of fused-ring (bicyclic) bond motifs is 1. The molecule has 5 heteroatoms. The number of carboxylic acids is 1. The number of carbonyl (C=O) groups is 1. The summed E-state index contributed by atoms with van der Waals surface area (Å²) >= 11 is 1.27. The molecular weight excluding hydrogens is 248 g/mol. The highest BCUT2D eigenvalue weighted by Gasteiger charge is 2.19. The Morgan fingerprint density at radius 2 is 2.28 bits per heavy atom. The number of hydrogen-bond donors (Lipinski definition) is 1. The van der Waals surface area contributed by atoms with Crippen LogP contribution in [0.4, 0.5) is 5.69 Å². The average Bonchev–Trinajstić information content (AvgIpc) is 2.98. The lowest BCUT2D eigenvalue weighted by Crippen LogP contribution is -2.18. The van der Waals surface area contributed by atoms with Crippen LogP contribution in [0.5, 0.6) is 0 Å². The summed E-state index contributed by atoms with van der Waals surface area (Å²) in [4.78, 5) is 14.0. The maximum absolute atomic E-state index is 10.8. The van der Waals surface area contributed by atoms with Crippen molar-refractivity contribution in [2.24, 2.45) is 0 Å². The Hall–Kier alpha value is -1.88. The largest absolute Gasteiger partial charge is 0.476 e. The predicted molar refractivity (Wildman–Crippen MR) is 70.3 cm³/mol. The van der Waals surface area contributed by atoms with Gasteiger partial charge in [-0.1, -0.05) is 18.2 Å². The van der Waals surface area contributed by atoms with E-state index in [4.69, 9.17) is 5.11 Å². The van der Waals surface area contributed by atoms with Crippen LogP contribution < -0.4 is 4.90 Å². The summed E-state index contributed by atoms with van der Waals surface area (Å²) in [7, 11) is 0. The van der Waals surface area contributed by atoms with Crippen molar-refractivity contribution in [3.05, 3.63) is 46.5 Å². The van der Waals surface area contributed by atoms with Gasteiger partial charge in [-0.05, 0) is 35.6 Å². The number of aromatic carboxylic acids is 1. The minimum Gasteiger partial charge on any atom is -0.476 e. The molecule has 2 heterocycles. The van der Waals surface area contributed by atoms with Crippen LogP contribution in [-0.2, 0) is 13.0 Å². The quantitative estimate of drug-likeness (QED) is 0.920. The first-order chi connectivity index (χ1) is 8.74. The van der Waals surface area contributed by atoms with Crippen LogP contribution in [0.1, 0.15) is 20.9 Å². The first-order valence-electron chi connectivity index (χ1n) is 5.76. The van der Waals surface area contributed by atoms with E-state index < -0.39 is 5.97 Å². The van der Waals surface area contributed by atoms with Gasteiger partial charge in [-0.2, -0.15) is 4.37 Å². The van der Waals surface area contributed by atoms with Crippen molar-refractivity contribution < 1.29 is 9.90 Å². The molecule has 4 nitrogen and oxygen atoms in total. The Morgan fingerprint density at radius 1 is 1.44 bits per heavy atom. The molecule has 0 bridgehead atoms. The maximum Gasteiger partial charge on any atom is 0.355 e. The Labute approximate surface area is 109 Å². The molecule has 0 atom stereocenters. The van der Waals surface area contributed by atoms with Gasteiger partial charge >= 0.3 is 5.97 Å². The highest BCUT2D eigenvalue weighted by atomic mass is 32.1. The zero-order valence-corrected chi connectivity index (χ0v) is 10.5. The molecule has 3 rings (SSSR count). The van der Waals surface area contributed by atoms with Crippen LogP contribution in [0, 0.1) is 0 Å². The molecular formula is C13H12N2O2S. The molecule has 1 aromatic carbocycles. The fraction of sp³-hybridized carbons (Fsp3) is 0.231. The second kappa shape index (κ2) is 4.42. The summed E-state index contributed by atoms with van der Waals surface area (Å²) < 4.78 is 3.93. The number of nitrogens with zero attached hydrogens (tertiary/aromatic N) is 2. The van der Waals surface area contributed by atoms with Gasteiger partial charge in [0.1, 0.15) is 0 Å². The molecule has 1 aromatic heterocycles. The topological polar surface area (TPSA) is 53.4 Å². The molecule has 92 valence electrons. The minimum atomic E-state index is -0.959. The van der Waals surface area contributed by atoms with Crippen molar-refractivity contribution in [1.29, 1.82) is 0 Å². The van der Waals surface area contributed by atoms with E-state index in [9.17, 15) is 4.79 Å². The van der Waals surface area contributed by atoms with Crippen molar-refractivity contribution in [1.82, 2.24) is 4.37 Å². The smallest absolute Gasteiger partial charge is 0.355 e. The normalized spacial score (nSPS) is 13.7. The van der Waals surface area contributed by atoms with E-state index in [1.807, 2.05) is 6.07 Å². The van der Waals surface area contributed by atoms with Crippen molar-refractivity contribution in [3.8, 4) is 0 Å².